The van der Waals surface area contributed by atoms with E-state index in [4.69, 9.17) is 10.5 Å². The van der Waals surface area contributed by atoms with E-state index in [0.717, 1.165) is 18.9 Å². The van der Waals surface area contributed by atoms with Gasteiger partial charge in [-0.05, 0) is 31.9 Å². The molecule has 8 heteroatoms. The lowest BCUT2D eigenvalue weighted by molar-refractivity contribution is -0.139. The molecule has 0 bridgehead atoms. The summed E-state index contributed by atoms with van der Waals surface area (Å²) in [6.45, 7) is 1.61. The second-order valence-corrected chi connectivity index (χ2v) is 6.04. The standard InChI is InChI=1S/C16H21F3N2O2.ClH/c1-11(21-14(22)15(20)8-4-5-9-15)10-23-13-7-3-2-6-12(13)16(17,18)19;/h2-3,6-7,11H,4-5,8-10,20H2,1H3,(H,21,22);1H. The summed E-state index contributed by atoms with van der Waals surface area (Å²) in [5, 5.41) is 2.72. The summed E-state index contributed by atoms with van der Waals surface area (Å²) in [5.41, 5.74) is 4.35. The van der Waals surface area contributed by atoms with E-state index in [1.807, 2.05) is 0 Å². The van der Waals surface area contributed by atoms with Gasteiger partial charge in [-0.15, -0.1) is 12.4 Å². The number of nitrogens with two attached hydrogens (primary N) is 1. The maximum atomic E-state index is 12.9. The summed E-state index contributed by atoms with van der Waals surface area (Å²) < 4.78 is 43.9. The Morgan fingerprint density at radius 1 is 1.33 bits per heavy atom. The number of halogens is 4. The lowest BCUT2D eigenvalue weighted by atomic mass is 9.98. The molecule has 1 unspecified atom stereocenters. The average Bonchev–Trinajstić information content (AvgIpc) is 2.93. The number of amides is 1. The fourth-order valence-electron chi connectivity index (χ4n) is 2.68. The molecule has 1 aliphatic carbocycles. The molecule has 3 N–H and O–H groups in total. The summed E-state index contributed by atoms with van der Waals surface area (Å²) in [5.74, 6) is -0.514. The van der Waals surface area contributed by atoms with Crippen molar-refractivity contribution in [2.45, 2.75) is 50.4 Å². The summed E-state index contributed by atoms with van der Waals surface area (Å²) in [4.78, 5) is 12.1. The Balaban J connectivity index is 0.00000288. The van der Waals surface area contributed by atoms with E-state index in [9.17, 15) is 18.0 Å². The molecule has 2 rings (SSSR count). The van der Waals surface area contributed by atoms with Crippen LogP contribution in [0.3, 0.4) is 0 Å². The first-order valence-corrected chi connectivity index (χ1v) is 7.61. The van der Waals surface area contributed by atoms with Crippen molar-refractivity contribution in [3.05, 3.63) is 29.8 Å². The van der Waals surface area contributed by atoms with Gasteiger partial charge in [0.25, 0.3) is 0 Å². The van der Waals surface area contributed by atoms with Crippen LogP contribution in [0.5, 0.6) is 5.75 Å². The number of hydrogen-bond donors (Lipinski definition) is 2. The van der Waals surface area contributed by atoms with Crippen molar-refractivity contribution < 1.29 is 22.7 Å². The van der Waals surface area contributed by atoms with Crippen LogP contribution in [0.4, 0.5) is 13.2 Å². The highest BCUT2D eigenvalue weighted by Gasteiger charge is 2.37. The minimum Gasteiger partial charge on any atom is -0.491 e. The molecule has 0 spiro atoms. The van der Waals surface area contributed by atoms with Crippen molar-refractivity contribution in [1.82, 2.24) is 5.32 Å². The van der Waals surface area contributed by atoms with Gasteiger partial charge in [-0.3, -0.25) is 4.79 Å². The number of alkyl halides is 3. The Morgan fingerprint density at radius 3 is 2.50 bits per heavy atom. The number of carbonyl (C=O) groups is 1. The van der Waals surface area contributed by atoms with Gasteiger partial charge in [-0.2, -0.15) is 13.2 Å². The predicted octanol–water partition coefficient (Wildman–Crippen LogP) is 3.28. The molecular formula is C16H22ClF3N2O2. The highest BCUT2D eigenvalue weighted by molar-refractivity contribution is 5.86. The van der Waals surface area contributed by atoms with Crippen LogP contribution in [0.15, 0.2) is 24.3 Å². The number of rotatable bonds is 5. The second-order valence-electron chi connectivity index (χ2n) is 6.04. The third-order valence-electron chi connectivity index (χ3n) is 4.01. The zero-order valence-corrected chi connectivity index (χ0v) is 14.2. The van der Waals surface area contributed by atoms with Gasteiger partial charge in [0.2, 0.25) is 5.91 Å². The van der Waals surface area contributed by atoms with Crippen molar-refractivity contribution in [2.24, 2.45) is 5.73 Å². The molecule has 1 aliphatic rings. The van der Waals surface area contributed by atoms with E-state index in [1.165, 1.54) is 18.2 Å². The van der Waals surface area contributed by atoms with Crippen LogP contribution in [0.1, 0.15) is 38.2 Å². The van der Waals surface area contributed by atoms with Crippen molar-refractivity contribution in [1.29, 1.82) is 0 Å². The van der Waals surface area contributed by atoms with Crippen molar-refractivity contribution in [2.75, 3.05) is 6.61 Å². The minimum atomic E-state index is -4.48. The zero-order valence-electron chi connectivity index (χ0n) is 13.4. The van der Waals surface area contributed by atoms with Gasteiger partial charge in [0, 0.05) is 0 Å². The Labute approximate surface area is 145 Å². The van der Waals surface area contributed by atoms with Crippen LogP contribution < -0.4 is 15.8 Å². The van der Waals surface area contributed by atoms with Crippen LogP contribution in [-0.4, -0.2) is 24.1 Å². The number of benzene rings is 1. The summed E-state index contributed by atoms with van der Waals surface area (Å²) in [7, 11) is 0. The highest BCUT2D eigenvalue weighted by Crippen LogP contribution is 2.35. The number of ether oxygens (including phenoxy) is 1. The number of carbonyl (C=O) groups excluding carboxylic acids is 1. The largest absolute Gasteiger partial charge is 0.491 e. The normalized spacial score (nSPS) is 17.7. The number of nitrogens with one attached hydrogen (secondary N) is 1. The van der Waals surface area contributed by atoms with Gasteiger partial charge in [-0.1, -0.05) is 25.0 Å². The van der Waals surface area contributed by atoms with Crippen LogP contribution in [0.2, 0.25) is 0 Å². The monoisotopic (exact) mass is 366 g/mol. The molecule has 1 fully saturated rings. The topological polar surface area (TPSA) is 64.3 Å². The molecule has 0 aliphatic heterocycles. The van der Waals surface area contributed by atoms with Gasteiger partial charge in [0.1, 0.15) is 12.4 Å². The van der Waals surface area contributed by atoms with Crippen LogP contribution in [0.25, 0.3) is 0 Å². The third kappa shape index (κ3) is 5.01. The second kappa shape index (κ2) is 8.07. The SMILES string of the molecule is CC(COc1ccccc1C(F)(F)F)NC(=O)C1(N)CCCC1.Cl. The molecule has 1 atom stereocenters. The first-order chi connectivity index (χ1) is 10.7. The number of hydrogen-bond acceptors (Lipinski definition) is 3. The highest BCUT2D eigenvalue weighted by atomic mass is 35.5. The first-order valence-electron chi connectivity index (χ1n) is 7.61. The zero-order chi connectivity index (χ0) is 17.1. The Hall–Kier alpha value is -1.47. The fourth-order valence-corrected chi connectivity index (χ4v) is 2.68. The molecule has 136 valence electrons. The van der Waals surface area contributed by atoms with E-state index in [2.05, 4.69) is 5.32 Å². The van der Waals surface area contributed by atoms with Crippen molar-refractivity contribution in [3.8, 4) is 5.75 Å². The van der Waals surface area contributed by atoms with Gasteiger partial charge in [-0.25, -0.2) is 0 Å². The van der Waals surface area contributed by atoms with E-state index in [0.29, 0.717) is 12.8 Å². The molecule has 0 saturated heterocycles. The molecule has 0 radical (unpaired) electrons. The van der Waals surface area contributed by atoms with E-state index < -0.39 is 23.3 Å². The molecule has 1 aromatic rings. The van der Waals surface area contributed by atoms with Crippen LogP contribution >= 0.6 is 12.4 Å². The fraction of sp³-hybridized carbons (Fsp3) is 0.562. The minimum absolute atomic E-state index is 0. The quantitative estimate of drug-likeness (QED) is 0.840. The van der Waals surface area contributed by atoms with Gasteiger partial charge in [0.05, 0.1) is 17.1 Å². The molecule has 0 aromatic heterocycles. The maximum absolute atomic E-state index is 12.9. The molecule has 0 heterocycles. The average molecular weight is 367 g/mol. The predicted molar refractivity (Wildman–Crippen MR) is 87.2 cm³/mol. The van der Waals surface area contributed by atoms with Crippen molar-refractivity contribution >= 4 is 18.3 Å². The Kier molecular flexibility index (Phi) is 6.92. The van der Waals surface area contributed by atoms with Gasteiger partial charge < -0.3 is 15.8 Å². The summed E-state index contributed by atoms with van der Waals surface area (Å²) in [6, 6.07) is 4.57. The smallest absolute Gasteiger partial charge is 0.419 e. The van der Waals surface area contributed by atoms with E-state index in [1.54, 1.807) is 6.92 Å². The van der Waals surface area contributed by atoms with E-state index >= 15 is 0 Å². The van der Waals surface area contributed by atoms with Crippen LogP contribution in [-0.2, 0) is 11.0 Å². The Morgan fingerprint density at radius 2 is 1.92 bits per heavy atom. The van der Waals surface area contributed by atoms with Gasteiger partial charge >= 0.3 is 6.18 Å². The lowest BCUT2D eigenvalue weighted by Crippen LogP contribution is -2.54. The molecular weight excluding hydrogens is 345 g/mol. The third-order valence-corrected chi connectivity index (χ3v) is 4.01. The van der Waals surface area contributed by atoms with E-state index in [-0.39, 0.29) is 30.7 Å². The Bertz CT molecular complexity index is 560. The number of para-hydroxylation sites is 1. The molecule has 4 nitrogen and oxygen atoms in total. The molecule has 1 amide bonds. The maximum Gasteiger partial charge on any atom is 0.419 e. The van der Waals surface area contributed by atoms with Gasteiger partial charge in [0.15, 0.2) is 0 Å². The summed E-state index contributed by atoms with van der Waals surface area (Å²) in [6.07, 6.45) is -1.40. The first kappa shape index (κ1) is 20.6. The van der Waals surface area contributed by atoms with Crippen molar-refractivity contribution in [3.63, 3.8) is 0 Å². The molecule has 1 aromatic carbocycles. The molecule has 24 heavy (non-hydrogen) atoms. The molecule has 1 saturated carbocycles. The summed E-state index contributed by atoms with van der Waals surface area (Å²) >= 11 is 0. The lowest BCUT2D eigenvalue weighted by Gasteiger charge is -2.25. The van der Waals surface area contributed by atoms with Crippen LogP contribution in [0, 0.1) is 0 Å².